The monoisotopic (exact) mass is 535 g/mol. The Morgan fingerprint density at radius 2 is 1.95 bits per heavy atom. The van der Waals surface area contributed by atoms with E-state index < -0.39 is 23.8 Å². The van der Waals surface area contributed by atoms with Crippen molar-refractivity contribution in [1.29, 1.82) is 0 Å². The maximum Gasteiger partial charge on any atom is 0.280 e. The van der Waals surface area contributed by atoms with Crippen LogP contribution in [0.2, 0.25) is 0 Å². The fraction of sp³-hybridized carbons (Fsp3) is 0.222. The quantitative estimate of drug-likeness (QED) is 0.302. The number of alkyl halides is 2. The molecule has 0 bridgehead atoms. The Labute approximate surface area is 220 Å². The van der Waals surface area contributed by atoms with Crippen LogP contribution in [-0.2, 0) is 0 Å². The van der Waals surface area contributed by atoms with E-state index in [-0.39, 0.29) is 33.1 Å². The fourth-order valence-electron chi connectivity index (χ4n) is 3.67. The highest BCUT2D eigenvalue weighted by Crippen LogP contribution is 2.39. The molecule has 1 aliphatic carbocycles. The number of nitrogens with zero attached hydrogens (tertiary/aromatic N) is 4. The number of aromatic nitrogens is 4. The van der Waals surface area contributed by atoms with Crippen molar-refractivity contribution in [3.8, 4) is 40.0 Å². The molecule has 7 nitrogen and oxygen atoms in total. The van der Waals surface area contributed by atoms with Crippen molar-refractivity contribution in [1.82, 2.24) is 20.2 Å². The van der Waals surface area contributed by atoms with Gasteiger partial charge in [0.15, 0.2) is 5.01 Å². The maximum atomic E-state index is 16.2. The molecule has 11 heteroatoms. The number of carbonyl (C=O) groups is 1. The molecule has 0 spiro atoms. The highest BCUT2D eigenvalue weighted by molar-refractivity contribution is 7.15. The summed E-state index contributed by atoms with van der Waals surface area (Å²) in [5.74, 6) is 4.85. The van der Waals surface area contributed by atoms with Gasteiger partial charge in [-0.2, -0.15) is 0 Å². The molecule has 0 unspecified atom stereocenters. The number of ether oxygens (including phenoxy) is 1. The van der Waals surface area contributed by atoms with Gasteiger partial charge in [0.2, 0.25) is 5.13 Å². The molecule has 1 aromatic carbocycles. The first-order valence-electron chi connectivity index (χ1n) is 11.6. The van der Waals surface area contributed by atoms with Gasteiger partial charge in [0, 0.05) is 28.8 Å². The highest BCUT2D eigenvalue weighted by Gasteiger charge is 2.26. The molecule has 38 heavy (non-hydrogen) atoms. The van der Waals surface area contributed by atoms with Crippen LogP contribution in [0.25, 0.3) is 22.4 Å². The molecule has 0 atom stereocenters. The summed E-state index contributed by atoms with van der Waals surface area (Å²) in [6.07, 6.45) is 1.85. The van der Waals surface area contributed by atoms with Gasteiger partial charge < -0.3 is 4.74 Å². The summed E-state index contributed by atoms with van der Waals surface area (Å²) >= 11 is 1.08. The lowest BCUT2D eigenvalue weighted by atomic mass is 9.94. The number of rotatable bonds is 6. The fourth-order valence-corrected chi connectivity index (χ4v) is 4.27. The summed E-state index contributed by atoms with van der Waals surface area (Å²) in [7, 11) is 1.30. The van der Waals surface area contributed by atoms with Gasteiger partial charge in [-0.15, -0.1) is 10.2 Å². The molecular formula is C27H20F3N5O2S. The van der Waals surface area contributed by atoms with E-state index in [1.807, 2.05) is 6.92 Å². The van der Waals surface area contributed by atoms with Crippen LogP contribution in [0.4, 0.5) is 18.3 Å². The third-order valence-corrected chi connectivity index (χ3v) is 6.54. The predicted molar refractivity (Wildman–Crippen MR) is 137 cm³/mol. The van der Waals surface area contributed by atoms with Crippen molar-refractivity contribution in [3.63, 3.8) is 0 Å². The number of aryl methyl sites for hydroxylation is 1. The number of hydrogen-bond donors (Lipinski definition) is 1. The van der Waals surface area contributed by atoms with Crippen LogP contribution in [0, 0.1) is 30.5 Å². The number of anilines is 1. The van der Waals surface area contributed by atoms with Crippen LogP contribution in [-0.4, -0.2) is 33.2 Å². The topological polar surface area (TPSA) is 89.9 Å². The lowest BCUT2D eigenvalue weighted by Crippen LogP contribution is -2.14. The lowest BCUT2D eigenvalue weighted by Gasteiger charge is -2.16. The van der Waals surface area contributed by atoms with Crippen molar-refractivity contribution in [2.45, 2.75) is 26.2 Å². The molecule has 4 aromatic rings. The van der Waals surface area contributed by atoms with E-state index in [1.165, 1.54) is 19.2 Å². The van der Waals surface area contributed by atoms with Crippen molar-refractivity contribution in [2.75, 3.05) is 12.4 Å². The third-order valence-electron chi connectivity index (χ3n) is 5.78. The van der Waals surface area contributed by atoms with E-state index in [1.54, 1.807) is 18.3 Å². The SMILES string of the molecule is COc1cnc(C(F)F)cc1-c1c(C(=O)Nc2nnc(C#CC3CC3)s2)ccc(-c2ccc(C)cn2)c1F. The molecule has 0 radical (unpaired) electrons. The zero-order valence-corrected chi connectivity index (χ0v) is 21.1. The molecule has 3 heterocycles. The van der Waals surface area contributed by atoms with Crippen LogP contribution < -0.4 is 10.1 Å². The molecule has 192 valence electrons. The van der Waals surface area contributed by atoms with Gasteiger partial charge in [-0.25, -0.2) is 13.2 Å². The highest BCUT2D eigenvalue weighted by atomic mass is 32.1. The van der Waals surface area contributed by atoms with Crippen LogP contribution in [0.15, 0.2) is 42.7 Å². The van der Waals surface area contributed by atoms with Crippen molar-refractivity contribution in [2.24, 2.45) is 5.92 Å². The Morgan fingerprint density at radius 3 is 2.63 bits per heavy atom. The Bertz CT molecular complexity index is 1570. The normalized spacial score (nSPS) is 12.7. The van der Waals surface area contributed by atoms with Crippen molar-refractivity contribution in [3.05, 3.63) is 70.4 Å². The minimum atomic E-state index is -2.92. The number of nitrogens with one attached hydrogen (secondary N) is 1. The average molecular weight is 536 g/mol. The van der Waals surface area contributed by atoms with E-state index in [0.717, 1.165) is 42.0 Å². The summed E-state index contributed by atoms with van der Waals surface area (Å²) in [4.78, 5) is 21.3. The van der Waals surface area contributed by atoms with Crippen LogP contribution in [0.1, 0.15) is 45.9 Å². The van der Waals surface area contributed by atoms with Gasteiger partial charge >= 0.3 is 0 Å². The average Bonchev–Trinajstić information content (AvgIpc) is 3.64. The molecule has 1 N–H and O–H groups in total. The first kappa shape index (κ1) is 25.4. The van der Waals surface area contributed by atoms with Gasteiger partial charge in [0.05, 0.1) is 24.6 Å². The summed E-state index contributed by atoms with van der Waals surface area (Å²) < 4.78 is 48.6. The largest absolute Gasteiger partial charge is 0.494 e. The number of amides is 1. The molecule has 1 amide bonds. The van der Waals surface area contributed by atoms with E-state index in [0.29, 0.717) is 16.6 Å². The molecule has 1 fully saturated rings. The number of halogens is 3. The van der Waals surface area contributed by atoms with Gasteiger partial charge in [-0.05, 0) is 55.5 Å². The second kappa shape index (κ2) is 10.6. The molecule has 1 saturated carbocycles. The second-order valence-corrected chi connectivity index (χ2v) is 9.57. The Kier molecular flexibility index (Phi) is 7.07. The minimum absolute atomic E-state index is 0.0184. The van der Waals surface area contributed by atoms with Crippen LogP contribution >= 0.6 is 11.3 Å². The first-order chi connectivity index (χ1) is 18.3. The summed E-state index contributed by atoms with van der Waals surface area (Å²) in [5, 5.41) is 11.1. The zero-order valence-electron chi connectivity index (χ0n) is 20.3. The summed E-state index contributed by atoms with van der Waals surface area (Å²) in [5.41, 5.74) is 0.275. The van der Waals surface area contributed by atoms with E-state index in [4.69, 9.17) is 4.74 Å². The maximum absolute atomic E-state index is 16.2. The summed E-state index contributed by atoms with van der Waals surface area (Å²) in [6.45, 7) is 1.84. The minimum Gasteiger partial charge on any atom is -0.494 e. The van der Waals surface area contributed by atoms with Gasteiger partial charge in [0.25, 0.3) is 12.3 Å². The molecule has 0 saturated heterocycles. The van der Waals surface area contributed by atoms with Crippen LogP contribution in [0.5, 0.6) is 5.75 Å². The Hall–Kier alpha value is -4.30. The number of carbonyl (C=O) groups excluding carboxylic acids is 1. The van der Waals surface area contributed by atoms with E-state index in [9.17, 15) is 13.6 Å². The number of hydrogen-bond acceptors (Lipinski definition) is 7. The first-order valence-corrected chi connectivity index (χ1v) is 12.4. The van der Waals surface area contributed by atoms with Crippen molar-refractivity contribution < 1.29 is 22.7 Å². The molecule has 0 aliphatic heterocycles. The van der Waals surface area contributed by atoms with Gasteiger partial charge in [-0.3, -0.25) is 20.1 Å². The smallest absolute Gasteiger partial charge is 0.280 e. The number of pyridine rings is 2. The second-order valence-electron chi connectivity index (χ2n) is 8.59. The third kappa shape index (κ3) is 5.35. The van der Waals surface area contributed by atoms with Crippen molar-refractivity contribution >= 4 is 22.4 Å². The van der Waals surface area contributed by atoms with E-state index >= 15 is 4.39 Å². The number of benzene rings is 1. The molecule has 5 rings (SSSR count). The van der Waals surface area contributed by atoms with Gasteiger partial charge in [-0.1, -0.05) is 23.3 Å². The lowest BCUT2D eigenvalue weighted by molar-refractivity contribution is 0.102. The Morgan fingerprint density at radius 1 is 1.13 bits per heavy atom. The standard InChI is InChI=1S/C27H20F3N5O2S/c1-14-3-9-19(31-12-14)16-7-8-17(26(36)33-27-35-34-22(38-27)10-6-15-4-5-15)23(24(16)28)18-11-20(25(29)30)32-13-21(18)37-2/h3,7-9,11-13,15,25H,4-5H2,1-2H3,(H,33,35,36). The van der Waals surface area contributed by atoms with Gasteiger partial charge in [0.1, 0.15) is 17.3 Å². The molecular weight excluding hydrogens is 515 g/mol. The van der Waals surface area contributed by atoms with E-state index in [2.05, 4.69) is 37.3 Å². The van der Waals surface area contributed by atoms with Crippen LogP contribution in [0.3, 0.4) is 0 Å². The molecule has 3 aromatic heterocycles. The summed E-state index contributed by atoms with van der Waals surface area (Å²) in [6, 6.07) is 7.24. The zero-order chi connectivity index (χ0) is 26.8. The number of methoxy groups -OCH3 is 1. The molecule has 1 aliphatic rings. The predicted octanol–water partition coefficient (Wildman–Crippen LogP) is 6.07. The Balaban J connectivity index is 1.60.